The summed E-state index contributed by atoms with van der Waals surface area (Å²) in [7, 11) is -4.56. The summed E-state index contributed by atoms with van der Waals surface area (Å²) in [6, 6.07) is 6.24. The molecule has 1 aromatic carbocycles. The number of hydrogen-bond donors (Lipinski definition) is 1. The van der Waals surface area contributed by atoms with Gasteiger partial charge in [0, 0.05) is 16.9 Å². The molecule has 0 bridgehead atoms. The molecule has 0 saturated carbocycles. The Bertz CT molecular complexity index is 766. The van der Waals surface area contributed by atoms with Gasteiger partial charge < -0.3 is 0 Å². The van der Waals surface area contributed by atoms with E-state index in [4.69, 9.17) is 4.55 Å². The SMILES string of the molecule is CC1=CCC(c2ccc(C(C)OS(=O)(=O)O)cc2)([N+](=O)[O-])C=C1. The second-order valence-electron chi connectivity index (χ2n) is 5.46. The van der Waals surface area contributed by atoms with Crippen LogP contribution in [-0.4, -0.2) is 17.9 Å². The van der Waals surface area contributed by atoms with Crippen molar-refractivity contribution < 1.29 is 22.1 Å². The molecule has 0 amide bonds. The zero-order chi connectivity index (χ0) is 17.3. The highest BCUT2D eigenvalue weighted by molar-refractivity contribution is 7.80. The molecule has 1 aliphatic rings. The largest absolute Gasteiger partial charge is 0.397 e. The van der Waals surface area contributed by atoms with Gasteiger partial charge in [-0.3, -0.25) is 14.7 Å². The maximum Gasteiger partial charge on any atom is 0.397 e. The van der Waals surface area contributed by atoms with Crippen molar-refractivity contribution in [3.63, 3.8) is 0 Å². The Morgan fingerprint density at radius 1 is 1.35 bits per heavy atom. The molecular weight excluding hydrogens is 322 g/mol. The van der Waals surface area contributed by atoms with Crippen molar-refractivity contribution in [1.82, 2.24) is 0 Å². The predicted molar refractivity (Wildman–Crippen MR) is 83.7 cm³/mol. The van der Waals surface area contributed by atoms with Crippen molar-refractivity contribution in [2.24, 2.45) is 0 Å². The average Bonchev–Trinajstić information content (AvgIpc) is 2.46. The van der Waals surface area contributed by atoms with Crippen molar-refractivity contribution in [3.05, 3.63) is 69.3 Å². The molecule has 1 N–H and O–H groups in total. The van der Waals surface area contributed by atoms with Gasteiger partial charge in [0.05, 0.1) is 0 Å². The monoisotopic (exact) mass is 339 g/mol. The standard InChI is InChI=1S/C15H17NO6S/c1-11-7-9-15(10-8-11,16(17)18)14-5-3-13(4-6-14)12(2)22-23(19,20)21/h3-9,12H,10H2,1-2H3,(H,19,20,21). The second kappa shape index (κ2) is 6.23. The molecule has 0 heterocycles. The fraction of sp³-hybridized carbons (Fsp3) is 0.333. The van der Waals surface area contributed by atoms with Crippen molar-refractivity contribution in [2.75, 3.05) is 0 Å². The molecule has 2 unspecified atom stereocenters. The summed E-state index contributed by atoms with van der Waals surface area (Å²) in [5, 5.41) is 11.6. The minimum Gasteiger partial charge on any atom is -0.264 e. The highest BCUT2D eigenvalue weighted by atomic mass is 32.3. The minimum absolute atomic E-state index is 0.249. The van der Waals surface area contributed by atoms with Crippen LogP contribution < -0.4 is 0 Å². The fourth-order valence-electron chi connectivity index (χ4n) is 2.46. The Hall–Kier alpha value is -2.03. The molecule has 7 nitrogen and oxygen atoms in total. The van der Waals surface area contributed by atoms with Crippen LogP contribution >= 0.6 is 0 Å². The van der Waals surface area contributed by atoms with E-state index in [2.05, 4.69) is 4.18 Å². The summed E-state index contributed by atoms with van der Waals surface area (Å²) in [5.41, 5.74) is 0.613. The highest BCUT2D eigenvalue weighted by Crippen LogP contribution is 2.35. The fourth-order valence-corrected chi connectivity index (χ4v) is 2.93. The summed E-state index contributed by atoms with van der Waals surface area (Å²) < 4.78 is 34.6. The third-order valence-corrected chi connectivity index (χ3v) is 4.36. The number of benzene rings is 1. The molecule has 1 aromatic rings. The highest BCUT2D eigenvalue weighted by Gasteiger charge is 2.42. The second-order valence-corrected chi connectivity index (χ2v) is 6.50. The Balaban J connectivity index is 2.31. The third-order valence-electron chi connectivity index (χ3n) is 3.83. The topological polar surface area (TPSA) is 107 Å². The zero-order valence-electron chi connectivity index (χ0n) is 12.7. The van der Waals surface area contributed by atoms with Crippen LogP contribution in [0.2, 0.25) is 0 Å². The average molecular weight is 339 g/mol. The van der Waals surface area contributed by atoms with Gasteiger partial charge in [0.1, 0.15) is 6.10 Å². The molecule has 124 valence electrons. The summed E-state index contributed by atoms with van der Waals surface area (Å²) in [4.78, 5) is 11.2. The summed E-state index contributed by atoms with van der Waals surface area (Å²) >= 11 is 0. The van der Waals surface area contributed by atoms with Crippen molar-refractivity contribution in [2.45, 2.75) is 31.9 Å². The summed E-state index contributed by atoms with van der Waals surface area (Å²) in [6.45, 7) is 3.33. The molecule has 0 fully saturated rings. The zero-order valence-corrected chi connectivity index (χ0v) is 13.5. The normalized spacial score (nSPS) is 22.5. The van der Waals surface area contributed by atoms with E-state index in [9.17, 15) is 18.5 Å². The number of hydrogen-bond acceptors (Lipinski definition) is 5. The van der Waals surface area contributed by atoms with E-state index >= 15 is 0 Å². The lowest BCUT2D eigenvalue weighted by Gasteiger charge is -2.24. The van der Waals surface area contributed by atoms with Crippen LogP contribution in [0.15, 0.2) is 48.1 Å². The van der Waals surface area contributed by atoms with Crippen molar-refractivity contribution >= 4 is 10.4 Å². The van der Waals surface area contributed by atoms with Crippen LogP contribution in [0.3, 0.4) is 0 Å². The van der Waals surface area contributed by atoms with Crippen molar-refractivity contribution in [3.8, 4) is 0 Å². The van der Waals surface area contributed by atoms with Gasteiger partial charge in [-0.2, -0.15) is 8.42 Å². The van der Waals surface area contributed by atoms with Gasteiger partial charge in [0.15, 0.2) is 0 Å². The van der Waals surface area contributed by atoms with Crippen molar-refractivity contribution in [1.29, 1.82) is 0 Å². The Labute approximate surface area is 134 Å². The Morgan fingerprint density at radius 3 is 2.39 bits per heavy atom. The summed E-state index contributed by atoms with van der Waals surface area (Å²) in [5.74, 6) is 0. The number of nitrogens with zero attached hydrogens (tertiary/aromatic N) is 1. The van der Waals surface area contributed by atoms with Gasteiger partial charge in [-0.15, -0.1) is 0 Å². The van der Waals surface area contributed by atoms with Crippen LogP contribution in [-0.2, 0) is 20.1 Å². The van der Waals surface area contributed by atoms with Gasteiger partial charge in [0.25, 0.3) is 5.54 Å². The molecule has 1 aliphatic carbocycles. The molecule has 0 spiro atoms. The smallest absolute Gasteiger partial charge is 0.264 e. The van der Waals surface area contributed by atoms with Gasteiger partial charge >= 0.3 is 10.4 Å². The first-order chi connectivity index (χ1) is 10.6. The van der Waals surface area contributed by atoms with Crippen LogP contribution in [0, 0.1) is 10.1 Å². The lowest BCUT2D eigenvalue weighted by Crippen LogP contribution is -2.34. The first-order valence-electron chi connectivity index (χ1n) is 6.91. The van der Waals surface area contributed by atoms with E-state index in [1.54, 1.807) is 42.5 Å². The van der Waals surface area contributed by atoms with Crippen LogP contribution in [0.4, 0.5) is 0 Å². The molecule has 0 radical (unpaired) electrons. The molecule has 23 heavy (non-hydrogen) atoms. The van der Waals surface area contributed by atoms with Gasteiger partial charge in [-0.25, -0.2) is 4.18 Å². The number of rotatable bonds is 5. The molecule has 0 aromatic heterocycles. The third kappa shape index (κ3) is 3.84. The van der Waals surface area contributed by atoms with E-state index in [0.717, 1.165) is 5.57 Å². The Kier molecular flexibility index (Phi) is 4.69. The maximum absolute atomic E-state index is 11.6. The van der Waals surface area contributed by atoms with E-state index < -0.39 is 22.0 Å². The van der Waals surface area contributed by atoms with E-state index in [1.165, 1.54) is 6.92 Å². The number of allylic oxidation sites excluding steroid dienone is 2. The first-order valence-corrected chi connectivity index (χ1v) is 8.27. The van der Waals surface area contributed by atoms with Gasteiger partial charge in [-0.1, -0.05) is 42.0 Å². The lowest BCUT2D eigenvalue weighted by molar-refractivity contribution is -0.563. The molecule has 2 rings (SSSR count). The molecule has 0 saturated heterocycles. The summed E-state index contributed by atoms with van der Waals surface area (Å²) in [6.07, 6.45) is 4.44. The predicted octanol–water partition coefficient (Wildman–Crippen LogP) is 2.95. The first kappa shape index (κ1) is 17.3. The maximum atomic E-state index is 11.6. The van der Waals surface area contributed by atoms with Crippen LogP contribution in [0.5, 0.6) is 0 Å². The van der Waals surface area contributed by atoms with E-state index in [0.29, 0.717) is 11.1 Å². The quantitative estimate of drug-likeness (QED) is 0.502. The minimum atomic E-state index is -4.56. The molecular formula is C15H17NO6S. The molecule has 0 aliphatic heterocycles. The van der Waals surface area contributed by atoms with Gasteiger partial charge in [0.2, 0.25) is 0 Å². The molecule has 2 atom stereocenters. The van der Waals surface area contributed by atoms with E-state index in [-0.39, 0.29) is 11.3 Å². The van der Waals surface area contributed by atoms with E-state index in [1.807, 2.05) is 6.92 Å². The van der Waals surface area contributed by atoms with Crippen LogP contribution in [0.1, 0.15) is 37.5 Å². The number of nitro groups is 1. The Morgan fingerprint density at radius 2 is 1.96 bits per heavy atom. The van der Waals surface area contributed by atoms with Crippen LogP contribution in [0.25, 0.3) is 0 Å². The molecule has 8 heteroatoms. The lowest BCUT2D eigenvalue weighted by atomic mass is 9.82. The van der Waals surface area contributed by atoms with Gasteiger partial charge in [-0.05, 0) is 25.5 Å².